The second-order valence-corrected chi connectivity index (χ2v) is 2.52. The van der Waals surface area contributed by atoms with Crippen molar-refractivity contribution in [1.29, 1.82) is 0 Å². The first-order chi connectivity index (χ1) is 6.09. The largest absolute Gasteiger partial charge is 0.433 e. The highest BCUT2D eigenvalue weighted by atomic mass is 16.6. The Bertz CT molecular complexity index is 329. The van der Waals surface area contributed by atoms with Crippen molar-refractivity contribution >= 4 is 12.1 Å². The second-order valence-electron chi connectivity index (χ2n) is 2.52. The Morgan fingerprint density at radius 3 is 2.77 bits per heavy atom. The van der Waals surface area contributed by atoms with Crippen molar-refractivity contribution in [3.63, 3.8) is 0 Å². The zero-order chi connectivity index (χ0) is 9.84. The molecule has 0 N–H and O–H groups in total. The fourth-order valence-electron chi connectivity index (χ4n) is 0.682. The average Bonchev–Trinajstić information content (AvgIpc) is 2.48. The lowest BCUT2D eigenvalue weighted by Crippen LogP contribution is -2.01. The fourth-order valence-corrected chi connectivity index (χ4v) is 0.682. The normalized spacial score (nSPS) is 10.6. The molecule has 0 aliphatic carbocycles. The Hall–Kier alpha value is -1.85. The zero-order valence-electron chi connectivity index (χ0n) is 7.30. The maximum Gasteiger partial charge on any atom is 0.433 e. The van der Waals surface area contributed by atoms with Crippen LogP contribution in [0.25, 0.3) is 0 Å². The van der Waals surface area contributed by atoms with Crippen molar-refractivity contribution in [2.45, 2.75) is 0 Å². The van der Waals surface area contributed by atoms with Gasteiger partial charge in [-0.1, -0.05) is 0 Å². The number of hydrazone groups is 1. The highest BCUT2D eigenvalue weighted by Gasteiger charge is 2.09. The Labute approximate surface area is 74.6 Å². The smallest absolute Gasteiger partial charge is 0.400 e. The Morgan fingerprint density at radius 1 is 1.62 bits per heavy atom. The van der Waals surface area contributed by atoms with E-state index in [4.69, 9.17) is 4.42 Å². The first kappa shape index (κ1) is 9.24. The predicted octanol–water partition coefficient (Wildman–Crippen LogP) is 1.08. The van der Waals surface area contributed by atoms with Crippen LogP contribution in [0.15, 0.2) is 21.7 Å². The number of hydrogen-bond acceptors (Lipinski definition) is 5. The minimum atomic E-state index is -0.590. The monoisotopic (exact) mass is 183 g/mol. The molecule has 1 aromatic rings. The lowest BCUT2D eigenvalue weighted by Gasteiger charge is -1.99. The molecule has 0 atom stereocenters. The van der Waals surface area contributed by atoms with Gasteiger partial charge in [0, 0.05) is 14.1 Å². The standard InChI is InChI=1S/C7H9N3O3/c1-9(2)8-5-6-3-4-7(13-6)10(11)12/h3-5H,1-2H3/b8-5-. The van der Waals surface area contributed by atoms with Crippen LogP contribution in [0.1, 0.15) is 5.76 Å². The van der Waals surface area contributed by atoms with Gasteiger partial charge in [-0.15, -0.1) is 0 Å². The Balaban J connectivity index is 2.75. The van der Waals surface area contributed by atoms with Crippen molar-refractivity contribution in [3.05, 3.63) is 28.0 Å². The first-order valence-electron chi connectivity index (χ1n) is 3.55. The van der Waals surface area contributed by atoms with Gasteiger partial charge in [-0.05, 0) is 6.07 Å². The summed E-state index contributed by atoms with van der Waals surface area (Å²) < 4.78 is 4.82. The highest BCUT2D eigenvalue weighted by molar-refractivity contribution is 5.75. The summed E-state index contributed by atoms with van der Waals surface area (Å²) in [7, 11) is 3.49. The summed E-state index contributed by atoms with van der Waals surface area (Å²) in [6.07, 6.45) is 1.41. The van der Waals surface area contributed by atoms with E-state index in [-0.39, 0.29) is 5.88 Å². The fraction of sp³-hybridized carbons (Fsp3) is 0.286. The number of rotatable bonds is 3. The molecule has 1 aromatic heterocycles. The molecule has 0 aliphatic rings. The molecule has 70 valence electrons. The van der Waals surface area contributed by atoms with Crippen molar-refractivity contribution in [1.82, 2.24) is 5.01 Å². The van der Waals surface area contributed by atoms with Crippen LogP contribution >= 0.6 is 0 Å². The molecular formula is C7H9N3O3. The summed E-state index contributed by atoms with van der Waals surface area (Å²) >= 11 is 0. The van der Waals surface area contributed by atoms with Gasteiger partial charge in [0.25, 0.3) is 0 Å². The SMILES string of the molecule is CN(C)/N=C\c1ccc([N+](=O)[O-])o1. The summed E-state index contributed by atoms with van der Waals surface area (Å²) in [5.41, 5.74) is 0. The van der Waals surface area contributed by atoms with Crippen LogP contribution in [0.4, 0.5) is 5.88 Å². The third-order valence-electron chi connectivity index (χ3n) is 1.21. The van der Waals surface area contributed by atoms with Crippen molar-refractivity contribution in [3.8, 4) is 0 Å². The number of furan rings is 1. The zero-order valence-corrected chi connectivity index (χ0v) is 7.30. The molecule has 6 nitrogen and oxygen atoms in total. The molecule has 6 heteroatoms. The molecular weight excluding hydrogens is 174 g/mol. The number of nitro groups is 1. The van der Waals surface area contributed by atoms with E-state index >= 15 is 0 Å². The summed E-state index contributed by atoms with van der Waals surface area (Å²) in [4.78, 5) is 9.62. The maximum atomic E-state index is 10.2. The van der Waals surface area contributed by atoms with Crippen LogP contribution in [0.3, 0.4) is 0 Å². The van der Waals surface area contributed by atoms with Crippen LogP contribution in [-0.2, 0) is 0 Å². The third-order valence-corrected chi connectivity index (χ3v) is 1.21. The van der Waals surface area contributed by atoms with E-state index < -0.39 is 4.92 Å². The Morgan fingerprint density at radius 2 is 2.31 bits per heavy atom. The van der Waals surface area contributed by atoms with Crippen molar-refractivity contribution in [2.24, 2.45) is 5.10 Å². The summed E-state index contributed by atoms with van der Waals surface area (Å²) in [6.45, 7) is 0. The second kappa shape index (κ2) is 3.70. The van der Waals surface area contributed by atoms with Gasteiger partial charge >= 0.3 is 5.88 Å². The lowest BCUT2D eigenvalue weighted by atomic mass is 10.5. The molecule has 0 aliphatic heterocycles. The van der Waals surface area contributed by atoms with Gasteiger partial charge in [0.2, 0.25) is 0 Å². The third kappa shape index (κ3) is 2.58. The van der Waals surface area contributed by atoms with Crippen molar-refractivity contribution < 1.29 is 9.34 Å². The average molecular weight is 183 g/mol. The molecule has 0 bridgehead atoms. The van der Waals surface area contributed by atoms with Crippen LogP contribution in [-0.4, -0.2) is 30.2 Å². The highest BCUT2D eigenvalue weighted by Crippen LogP contribution is 2.13. The quantitative estimate of drug-likeness (QED) is 0.399. The molecule has 0 radical (unpaired) electrons. The molecule has 0 spiro atoms. The lowest BCUT2D eigenvalue weighted by molar-refractivity contribution is -0.402. The molecule has 0 saturated heterocycles. The summed E-state index contributed by atoms with van der Waals surface area (Å²) in [6, 6.07) is 2.78. The molecule has 1 rings (SSSR count). The van der Waals surface area contributed by atoms with E-state index in [9.17, 15) is 10.1 Å². The molecule has 1 heterocycles. The Kier molecular flexibility index (Phi) is 2.63. The first-order valence-corrected chi connectivity index (χ1v) is 3.55. The topological polar surface area (TPSA) is 71.9 Å². The van der Waals surface area contributed by atoms with E-state index in [0.717, 1.165) is 0 Å². The van der Waals surface area contributed by atoms with E-state index in [1.165, 1.54) is 18.3 Å². The summed E-state index contributed by atoms with van der Waals surface area (Å²) in [5.74, 6) is 0.0839. The molecule has 0 unspecified atom stereocenters. The number of nitrogens with zero attached hydrogens (tertiary/aromatic N) is 3. The molecule has 13 heavy (non-hydrogen) atoms. The van der Waals surface area contributed by atoms with Gasteiger partial charge in [-0.3, -0.25) is 10.1 Å². The van der Waals surface area contributed by atoms with Crippen molar-refractivity contribution in [2.75, 3.05) is 14.1 Å². The van der Waals surface area contributed by atoms with Crippen LogP contribution in [0.5, 0.6) is 0 Å². The van der Waals surface area contributed by atoms with E-state index in [1.54, 1.807) is 19.1 Å². The molecule has 0 aromatic carbocycles. The van der Waals surface area contributed by atoms with Crippen LogP contribution in [0, 0.1) is 10.1 Å². The minimum Gasteiger partial charge on any atom is -0.400 e. The molecule has 0 fully saturated rings. The van der Waals surface area contributed by atoms with Gasteiger partial charge < -0.3 is 9.43 Å². The minimum absolute atomic E-state index is 0.278. The van der Waals surface area contributed by atoms with Gasteiger partial charge in [-0.25, -0.2) is 0 Å². The van der Waals surface area contributed by atoms with Gasteiger partial charge in [0.15, 0.2) is 5.76 Å². The number of hydrogen-bond donors (Lipinski definition) is 0. The summed E-state index contributed by atoms with van der Waals surface area (Å²) in [5, 5.41) is 15.6. The molecule has 0 amide bonds. The van der Waals surface area contributed by atoms with Gasteiger partial charge in [0.1, 0.15) is 4.92 Å². The predicted molar refractivity (Wildman–Crippen MR) is 46.6 cm³/mol. The van der Waals surface area contributed by atoms with Gasteiger partial charge in [0.05, 0.1) is 12.3 Å². The van der Waals surface area contributed by atoms with E-state index in [1.807, 2.05) is 0 Å². The molecule has 0 saturated carbocycles. The van der Waals surface area contributed by atoms with Crippen LogP contribution < -0.4 is 0 Å². The van der Waals surface area contributed by atoms with E-state index in [0.29, 0.717) is 5.76 Å². The van der Waals surface area contributed by atoms with E-state index in [2.05, 4.69) is 5.10 Å². The van der Waals surface area contributed by atoms with Gasteiger partial charge in [-0.2, -0.15) is 5.10 Å². The van der Waals surface area contributed by atoms with Crippen LogP contribution in [0.2, 0.25) is 0 Å². The maximum absolute atomic E-state index is 10.2.